The minimum Gasteiger partial charge on any atom is -0.481 e. The maximum Gasteiger partial charge on any atom is 0.309 e. The number of aliphatic hydroxyl groups excluding tert-OH is 1. The Hall–Kier alpha value is -4.11. The Bertz CT molecular complexity index is 1260. The van der Waals surface area contributed by atoms with Gasteiger partial charge < -0.3 is 14.9 Å². The second-order valence-corrected chi connectivity index (χ2v) is 8.54. The number of rotatable bonds is 10. The molecule has 0 fully saturated rings. The van der Waals surface area contributed by atoms with Crippen molar-refractivity contribution < 1.29 is 33.7 Å². The van der Waals surface area contributed by atoms with Crippen LogP contribution in [0.15, 0.2) is 60.8 Å². The maximum atomic E-state index is 14.5. The van der Waals surface area contributed by atoms with Crippen LogP contribution in [0.3, 0.4) is 0 Å². The number of aromatic nitrogens is 1. The van der Waals surface area contributed by atoms with Crippen LogP contribution in [0.1, 0.15) is 39.1 Å². The van der Waals surface area contributed by atoms with Gasteiger partial charge in [0.1, 0.15) is 5.82 Å². The number of pyridine rings is 1. The summed E-state index contributed by atoms with van der Waals surface area (Å²) in [6.45, 7) is -0.144. The molecule has 0 radical (unpaired) electrons. The normalized spacial score (nSPS) is 14.5. The fourth-order valence-electron chi connectivity index (χ4n) is 4.31. The van der Waals surface area contributed by atoms with Crippen LogP contribution in [0.4, 0.5) is 4.39 Å². The first-order valence-electron chi connectivity index (χ1n) is 11.4. The Morgan fingerprint density at radius 2 is 1.69 bits per heavy atom. The summed E-state index contributed by atoms with van der Waals surface area (Å²) < 4.78 is 19.5. The first-order valence-corrected chi connectivity index (χ1v) is 11.4. The van der Waals surface area contributed by atoms with Crippen molar-refractivity contribution in [1.29, 1.82) is 0 Å². The highest BCUT2D eigenvalue weighted by atomic mass is 19.1. The third kappa shape index (κ3) is 5.11. The summed E-state index contributed by atoms with van der Waals surface area (Å²) in [4.78, 5) is 42.1. The number of halogens is 1. The van der Waals surface area contributed by atoms with Crippen LogP contribution in [0.25, 0.3) is 11.1 Å². The molecule has 2 N–H and O–H groups in total. The molecule has 0 aliphatic carbocycles. The number of imide groups is 1. The lowest BCUT2D eigenvalue weighted by Crippen LogP contribution is -2.36. The van der Waals surface area contributed by atoms with Crippen molar-refractivity contribution in [2.24, 2.45) is 5.92 Å². The smallest absolute Gasteiger partial charge is 0.309 e. The number of carboxylic acids is 1. The minimum absolute atomic E-state index is 0.0136. The van der Waals surface area contributed by atoms with Crippen LogP contribution in [-0.2, 0) is 11.2 Å². The number of carbonyl (C=O) groups is 3. The van der Waals surface area contributed by atoms with Crippen LogP contribution in [0.5, 0.6) is 5.88 Å². The molecule has 1 aromatic heterocycles. The SMILES string of the molecule is COc1ccc(-c2ccc(F)c(CC[C@@H](O)[C@@H](CCN3C(=O)c4ccccc4C3=O)C(=O)O)c2)cn1. The van der Waals surface area contributed by atoms with Crippen molar-refractivity contribution >= 4 is 17.8 Å². The summed E-state index contributed by atoms with van der Waals surface area (Å²) in [6, 6.07) is 14.4. The third-order valence-corrected chi connectivity index (χ3v) is 6.36. The predicted octanol–water partition coefficient (Wildman–Crippen LogP) is 3.58. The summed E-state index contributed by atoms with van der Waals surface area (Å²) >= 11 is 0. The number of aliphatic hydroxyl groups is 1. The highest BCUT2D eigenvalue weighted by Crippen LogP contribution is 2.26. The molecule has 9 heteroatoms. The lowest BCUT2D eigenvalue weighted by atomic mass is 9.92. The van der Waals surface area contributed by atoms with E-state index in [9.17, 15) is 29.0 Å². The molecule has 4 rings (SSSR count). The molecule has 0 spiro atoms. The molecule has 2 amide bonds. The number of methoxy groups -OCH3 is 1. The highest BCUT2D eigenvalue weighted by molar-refractivity contribution is 6.21. The zero-order valence-electron chi connectivity index (χ0n) is 19.6. The molecular weight excluding hydrogens is 467 g/mol. The van der Waals surface area contributed by atoms with Gasteiger partial charge in [-0.3, -0.25) is 19.3 Å². The fraction of sp³-hybridized carbons (Fsp3) is 0.259. The quantitative estimate of drug-likeness (QED) is 0.416. The van der Waals surface area contributed by atoms with E-state index in [0.717, 1.165) is 16.0 Å². The van der Waals surface area contributed by atoms with Gasteiger partial charge in [-0.1, -0.05) is 18.2 Å². The van der Waals surface area contributed by atoms with Gasteiger partial charge in [-0.2, -0.15) is 0 Å². The van der Waals surface area contributed by atoms with Crippen LogP contribution in [0.2, 0.25) is 0 Å². The summed E-state index contributed by atoms with van der Waals surface area (Å²) in [7, 11) is 1.51. The van der Waals surface area contributed by atoms with Crippen LogP contribution in [0, 0.1) is 11.7 Å². The van der Waals surface area contributed by atoms with E-state index in [2.05, 4.69) is 4.98 Å². The maximum absolute atomic E-state index is 14.5. The summed E-state index contributed by atoms with van der Waals surface area (Å²) in [5, 5.41) is 20.3. The van der Waals surface area contributed by atoms with Crippen molar-refractivity contribution in [3.8, 4) is 17.0 Å². The second-order valence-electron chi connectivity index (χ2n) is 8.54. The Morgan fingerprint density at radius 1 is 1.03 bits per heavy atom. The topological polar surface area (TPSA) is 117 Å². The molecule has 1 aliphatic rings. The molecule has 0 bridgehead atoms. The van der Waals surface area contributed by atoms with E-state index < -0.39 is 35.6 Å². The molecule has 0 saturated heterocycles. The average molecular weight is 493 g/mol. The number of carboxylic acid groups (broad SMARTS) is 1. The van der Waals surface area contributed by atoms with Crippen molar-refractivity contribution in [3.63, 3.8) is 0 Å². The van der Waals surface area contributed by atoms with Crippen molar-refractivity contribution in [1.82, 2.24) is 9.88 Å². The molecule has 0 unspecified atom stereocenters. The Morgan fingerprint density at radius 3 is 2.28 bits per heavy atom. The van der Waals surface area contributed by atoms with Crippen LogP contribution >= 0.6 is 0 Å². The van der Waals surface area contributed by atoms with Gasteiger partial charge in [0.05, 0.1) is 30.3 Å². The third-order valence-electron chi connectivity index (χ3n) is 6.36. The van der Waals surface area contributed by atoms with Gasteiger partial charge in [0.15, 0.2) is 0 Å². The van der Waals surface area contributed by atoms with Gasteiger partial charge in [-0.15, -0.1) is 0 Å². The summed E-state index contributed by atoms with van der Waals surface area (Å²) in [5.41, 5.74) is 2.35. The minimum atomic E-state index is -1.30. The molecule has 8 nitrogen and oxygen atoms in total. The van der Waals surface area contributed by atoms with Crippen molar-refractivity contribution in [2.75, 3.05) is 13.7 Å². The number of fused-ring (bicyclic) bond motifs is 1. The zero-order chi connectivity index (χ0) is 25.8. The van der Waals surface area contributed by atoms with Gasteiger partial charge in [-0.25, -0.2) is 9.37 Å². The number of aliphatic carboxylic acids is 1. The first kappa shape index (κ1) is 25.0. The van der Waals surface area contributed by atoms with Gasteiger partial charge in [0.25, 0.3) is 11.8 Å². The summed E-state index contributed by atoms with van der Waals surface area (Å²) in [5.74, 6) is -3.47. The van der Waals surface area contributed by atoms with Crippen molar-refractivity contribution in [2.45, 2.75) is 25.4 Å². The lowest BCUT2D eigenvalue weighted by Gasteiger charge is -2.22. The number of aryl methyl sites for hydroxylation is 1. The van der Waals surface area contributed by atoms with E-state index in [1.807, 2.05) is 0 Å². The number of hydrogen-bond acceptors (Lipinski definition) is 6. The van der Waals surface area contributed by atoms with Gasteiger partial charge >= 0.3 is 5.97 Å². The number of nitrogens with zero attached hydrogens (tertiary/aromatic N) is 2. The van der Waals surface area contributed by atoms with E-state index in [4.69, 9.17) is 4.74 Å². The van der Waals surface area contributed by atoms with Gasteiger partial charge in [-0.05, 0) is 60.7 Å². The van der Waals surface area contributed by atoms with E-state index in [1.54, 1.807) is 54.7 Å². The molecule has 0 saturated carbocycles. The zero-order valence-corrected chi connectivity index (χ0v) is 19.6. The fourth-order valence-corrected chi connectivity index (χ4v) is 4.31. The number of hydrogen-bond donors (Lipinski definition) is 2. The molecule has 186 valence electrons. The van der Waals surface area contributed by atoms with Gasteiger partial charge in [0, 0.05) is 24.4 Å². The molecule has 2 heterocycles. The molecular formula is C27H25FN2O6. The highest BCUT2D eigenvalue weighted by Gasteiger charge is 2.36. The number of amides is 2. The van der Waals surface area contributed by atoms with Crippen molar-refractivity contribution in [3.05, 3.63) is 83.3 Å². The van der Waals surface area contributed by atoms with Gasteiger partial charge in [0.2, 0.25) is 5.88 Å². The number of carbonyl (C=O) groups excluding carboxylic acids is 2. The number of ether oxygens (including phenoxy) is 1. The largest absolute Gasteiger partial charge is 0.481 e. The van der Waals surface area contributed by atoms with E-state index >= 15 is 0 Å². The molecule has 36 heavy (non-hydrogen) atoms. The monoisotopic (exact) mass is 492 g/mol. The average Bonchev–Trinajstić information content (AvgIpc) is 3.13. The van der Waals surface area contributed by atoms with E-state index in [1.165, 1.54) is 13.2 Å². The van der Waals surface area contributed by atoms with Crippen LogP contribution in [-0.4, -0.2) is 57.6 Å². The standard InChI is InChI=1S/C27H25FN2O6/c1-36-24-11-8-18(15-29-24)16-6-9-22(28)17(14-16)7-10-23(31)21(27(34)35)12-13-30-25(32)19-4-2-3-5-20(19)26(30)33/h2-6,8-9,11,14-15,21,23,31H,7,10,12-13H2,1H3,(H,34,35)/t21-,23-/m1/s1. The number of benzene rings is 2. The second kappa shape index (κ2) is 10.7. The Kier molecular flexibility index (Phi) is 7.40. The summed E-state index contributed by atoms with van der Waals surface area (Å²) in [6.07, 6.45) is 0.261. The van der Waals surface area contributed by atoms with E-state index in [-0.39, 0.29) is 36.9 Å². The Balaban J connectivity index is 1.40. The molecule has 2 atom stereocenters. The lowest BCUT2D eigenvalue weighted by molar-refractivity contribution is -0.146. The molecule has 1 aliphatic heterocycles. The molecule has 3 aromatic rings. The molecule has 2 aromatic carbocycles. The first-order chi connectivity index (χ1) is 17.3. The Labute approximate surface area is 207 Å². The predicted molar refractivity (Wildman–Crippen MR) is 128 cm³/mol. The van der Waals surface area contributed by atoms with E-state index in [0.29, 0.717) is 11.4 Å². The van der Waals surface area contributed by atoms with Crippen LogP contribution < -0.4 is 4.74 Å².